The molecule has 0 spiro atoms. The van der Waals surface area contributed by atoms with Crippen molar-refractivity contribution in [1.29, 1.82) is 0 Å². The molecule has 0 aromatic heterocycles. The van der Waals surface area contributed by atoms with Gasteiger partial charge in [-0.2, -0.15) is 0 Å². The second kappa shape index (κ2) is 6.79. The summed E-state index contributed by atoms with van der Waals surface area (Å²) in [6.07, 6.45) is -3.88. The number of nitrogens with zero attached hydrogens (tertiary/aromatic N) is 3. The van der Waals surface area contributed by atoms with E-state index in [0.717, 1.165) is 20.8 Å². The lowest BCUT2D eigenvalue weighted by atomic mass is 9.66. The van der Waals surface area contributed by atoms with Crippen LogP contribution in [0, 0.1) is 0 Å². The maximum Gasteiger partial charge on any atom is 0.188 e. The van der Waals surface area contributed by atoms with Crippen molar-refractivity contribution in [3.05, 3.63) is 10.4 Å². The second-order valence-electron chi connectivity index (χ2n) is 5.26. The molecule has 6 atom stereocenters. The Morgan fingerprint density at radius 2 is 1.70 bits per heavy atom. The molecule has 0 radical (unpaired) electrons. The minimum atomic E-state index is -2.97. The number of Topliss-reactive ketones (excluding diaryl/α,β-unsaturated/α-hetero) is 3. The second-order valence-corrected chi connectivity index (χ2v) is 6.49. The van der Waals surface area contributed by atoms with E-state index in [1.54, 1.807) is 22.6 Å². The van der Waals surface area contributed by atoms with Crippen LogP contribution < -0.4 is 0 Å². The standard InChI is InChI=1S/C12H16IN3O7/c1-4(17)7(20)9-12(22,6(3)19)11(21,5(2)18)8(15-16-14)10(13)23-9/h7-10,20-22H,1-3H3/t7?,8-,9-,10+,11-,12-/m1/s1. The van der Waals surface area contributed by atoms with E-state index < -0.39 is 50.9 Å². The third-order valence-electron chi connectivity index (χ3n) is 3.90. The summed E-state index contributed by atoms with van der Waals surface area (Å²) in [5.41, 5.74) is 2.80. The lowest BCUT2D eigenvalue weighted by Gasteiger charge is -2.53. The fourth-order valence-corrected chi connectivity index (χ4v) is 3.58. The minimum Gasteiger partial charge on any atom is -0.382 e. The molecule has 0 aromatic carbocycles. The Labute approximate surface area is 144 Å². The van der Waals surface area contributed by atoms with Crippen LogP contribution in [0.25, 0.3) is 10.4 Å². The van der Waals surface area contributed by atoms with Gasteiger partial charge in [0.25, 0.3) is 0 Å². The summed E-state index contributed by atoms with van der Waals surface area (Å²) >= 11 is 1.57. The van der Waals surface area contributed by atoms with Gasteiger partial charge in [0, 0.05) is 4.91 Å². The van der Waals surface area contributed by atoms with Gasteiger partial charge in [0.15, 0.2) is 28.6 Å². The average Bonchev–Trinajstić information content (AvgIpc) is 2.45. The Kier molecular flexibility index (Phi) is 5.88. The van der Waals surface area contributed by atoms with Crippen LogP contribution in [0.4, 0.5) is 0 Å². The van der Waals surface area contributed by atoms with Crippen LogP contribution in [0.15, 0.2) is 5.11 Å². The molecule has 23 heavy (non-hydrogen) atoms. The number of aliphatic hydroxyl groups excluding tert-OH is 1. The summed E-state index contributed by atoms with van der Waals surface area (Å²) in [6, 6.07) is -1.64. The van der Waals surface area contributed by atoms with Crippen LogP contribution in [0.1, 0.15) is 20.8 Å². The number of rotatable bonds is 5. The molecule has 1 heterocycles. The van der Waals surface area contributed by atoms with Crippen LogP contribution in [0.2, 0.25) is 0 Å². The molecule has 3 N–H and O–H groups in total. The van der Waals surface area contributed by atoms with Crippen molar-refractivity contribution in [3.8, 4) is 0 Å². The topological polar surface area (TPSA) is 170 Å². The zero-order valence-electron chi connectivity index (χ0n) is 12.5. The van der Waals surface area contributed by atoms with Gasteiger partial charge in [-0.25, -0.2) is 0 Å². The van der Waals surface area contributed by atoms with E-state index in [-0.39, 0.29) is 0 Å². The molecule has 1 saturated heterocycles. The highest BCUT2D eigenvalue weighted by molar-refractivity contribution is 14.1. The zero-order valence-corrected chi connectivity index (χ0v) is 14.7. The summed E-state index contributed by atoms with van der Waals surface area (Å²) < 4.78 is 4.08. The third kappa shape index (κ3) is 2.88. The molecule has 0 amide bonds. The SMILES string of the molecule is CC(=O)C(O)[C@H]1O[C@H](I)[C@@H](N=[N+]=[N-])[C@](O)(C(C)=O)[C@@]1(O)C(C)=O. The molecule has 0 bridgehead atoms. The number of hydrogen-bond donors (Lipinski definition) is 3. The Balaban J connectivity index is 3.70. The first-order valence-electron chi connectivity index (χ1n) is 6.45. The Morgan fingerprint density at radius 3 is 2.04 bits per heavy atom. The summed E-state index contributed by atoms with van der Waals surface area (Å²) in [6.45, 7) is 2.74. The number of azide groups is 1. The van der Waals surface area contributed by atoms with Crippen LogP contribution in [0.3, 0.4) is 0 Å². The summed E-state index contributed by atoms with van der Waals surface area (Å²) in [7, 11) is 0. The van der Waals surface area contributed by atoms with Gasteiger partial charge in [-0.15, -0.1) is 0 Å². The quantitative estimate of drug-likeness (QED) is 0.168. The summed E-state index contributed by atoms with van der Waals surface area (Å²) in [5, 5.41) is 34.8. The van der Waals surface area contributed by atoms with Gasteiger partial charge >= 0.3 is 0 Å². The van der Waals surface area contributed by atoms with Crippen molar-refractivity contribution in [2.75, 3.05) is 0 Å². The monoisotopic (exact) mass is 441 g/mol. The van der Waals surface area contributed by atoms with E-state index in [1.807, 2.05) is 0 Å². The van der Waals surface area contributed by atoms with Crippen LogP contribution in [0.5, 0.6) is 0 Å². The Bertz CT molecular complexity index is 593. The molecule has 10 nitrogen and oxygen atoms in total. The van der Waals surface area contributed by atoms with Crippen molar-refractivity contribution >= 4 is 39.9 Å². The molecule has 1 rings (SSSR count). The molecule has 1 aliphatic heterocycles. The minimum absolute atomic E-state index is 0.841. The number of alkyl halides is 1. The third-order valence-corrected chi connectivity index (χ3v) is 4.87. The predicted molar refractivity (Wildman–Crippen MR) is 83.6 cm³/mol. The molecule has 0 saturated carbocycles. The number of ether oxygens (including phenoxy) is 1. The maximum atomic E-state index is 12.0. The molecule has 128 valence electrons. The highest BCUT2D eigenvalue weighted by Gasteiger charge is 2.70. The smallest absolute Gasteiger partial charge is 0.188 e. The van der Waals surface area contributed by atoms with Gasteiger partial charge in [-0.1, -0.05) is 27.7 Å². The number of halogens is 1. The van der Waals surface area contributed by atoms with Crippen LogP contribution in [-0.4, -0.2) is 66.2 Å². The fraction of sp³-hybridized carbons (Fsp3) is 0.750. The first-order valence-corrected chi connectivity index (χ1v) is 7.69. The predicted octanol–water partition coefficient (Wildman–Crippen LogP) is -0.585. The van der Waals surface area contributed by atoms with Crippen LogP contribution >= 0.6 is 22.6 Å². The van der Waals surface area contributed by atoms with Gasteiger partial charge in [0.2, 0.25) is 0 Å². The van der Waals surface area contributed by atoms with E-state index in [4.69, 9.17) is 10.3 Å². The Morgan fingerprint density at radius 1 is 1.22 bits per heavy atom. The van der Waals surface area contributed by atoms with Gasteiger partial charge < -0.3 is 20.1 Å². The summed E-state index contributed by atoms with van der Waals surface area (Å²) in [5.74, 6) is -3.04. The van der Waals surface area contributed by atoms with E-state index >= 15 is 0 Å². The highest BCUT2D eigenvalue weighted by atomic mass is 127. The van der Waals surface area contributed by atoms with E-state index in [1.165, 1.54) is 0 Å². The van der Waals surface area contributed by atoms with E-state index in [0.29, 0.717) is 0 Å². The van der Waals surface area contributed by atoms with Crippen molar-refractivity contribution in [2.45, 2.75) is 54.3 Å². The first-order chi connectivity index (χ1) is 10.5. The van der Waals surface area contributed by atoms with E-state index in [2.05, 4.69) is 10.0 Å². The molecule has 0 aliphatic carbocycles. The number of ketones is 3. The first kappa shape index (κ1) is 19.9. The van der Waals surface area contributed by atoms with Gasteiger partial charge in [0.1, 0.15) is 22.4 Å². The van der Waals surface area contributed by atoms with Gasteiger partial charge in [-0.05, 0) is 26.3 Å². The van der Waals surface area contributed by atoms with Gasteiger partial charge in [-0.3, -0.25) is 14.4 Å². The summed E-state index contributed by atoms with van der Waals surface area (Å²) in [4.78, 5) is 38.0. The molecule has 1 unspecified atom stereocenters. The molecular weight excluding hydrogens is 425 g/mol. The van der Waals surface area contributed by atoms with E-state index in [9.17, 15) is 29.7 Å². The molecule has 0 aromatic rings. The Hall–Kier alpha value is -1.11. The average molecular weight is 441 g/mol. The number of aliphatic hydroxyl groups is 3. The van der Waals surface area contributed by atoms with Crippen molar-refractivity contribution in [3.63, 3.8) is 0 Å². The molecule has 1 fully saturated rings. The zero-order chi connectivity index (χ0) is 18.2. The van der Waals surface area contributed by atoms with Crippen molar-refractivity contribution in [2.24, 2.45) is 5.11 Å². The maximum absolute atomic E-state index is 12.0. The van der Waals surface area contributed by atoms with Crippen molar-refractivity contribution in [1.82, 2.24) is 0 Å². The molecule has 1 aliphatic rings. The normalized spacial score (nSPS) is 38.3. The lowest BCUT2D eigenvalue weighted by Crippen LogP contribution is -2.79. The number of carbonyl (C=O) groups excluding carboxylic acids is 3. The molecular formula is C12H16IN3O7. The highest BCUT2D eigenvalue weighted by Crippen LogP contribution is 2.44. The van der Waals surface area contributed by atoms with Gasteiger partial charge in [0.05, 0.1) is 0 Å². The number of hydrogen-bond acceptors (Lipinski definition) is 8. The van der Waals surface area contributed by atoms with Crippen LogP contribution in [-0.2, 0) is 19.1 Å². The number of carbonyl (C=O) groups is 3. The lowest BCUT2D eigenvalue weighted by molar-refractivity contribution is -0.259. The fourth-order valence-electron chi connectivity index (χ4n) is 2.60. The largest absolute Gasteiger partial charge is 0.382 e. The van der Waals surface area contributed by atoms with Crippen molar-refractivity contribution < 1.29 is 34.4 Å². The molecule has 11 heteroatoms.